The van der Waals surface area contributed by atoms with Crippen LogP contribution in [0.15, 0.2) is 0 Å². The Balaban J connectivity index is 2.77. The average molecular weight is 201 g/mol. The van der Waals surface area contributed by atoms with Crippen LogP contribution in [-0.4, -0.2) is 40.8 Å². The van der Waals surface area contributed by atoms with Crippen molar-refractivity contribution in [3.63, 3.8) is 0 Å². The number of carboxylic acid groups (broad SMARTS) is 1. The van der Waals surface area contributed by atoms with Crippen LogP contribution in [0.1, 0.15) is 26.7 Å². The molecule has 0 aromatic rings. The van der Waals surface area contributed by atoms with Crippen LogP contribution in [-0.2, 0) is 9.53 Å². The van der Waals surface area contributed by atoms with E-state index >= 15 is 0 Å². The highest BCUT2D eigenvalue weighted by Gasteiger charge is 2.46. The third-order valence-corrected chi connectivity index (χ3v) is 2.59. The van der Waals surface area contributed by atoms with E-state index in [1.54, 1.807) is 13.8 Å². The number of nitrogens with zero attached hydrogens (tertiary/aromatic N) is 1. The molecule has 1 rings (SSSR count). The molecule has 5 nitrogen and oxygen atoms in total. The molecule has 1 aliphatic rings. The Kier molecular flexibility index (Phi) is 2.98. The number of likely N-dealkylation sites (tertiary alicyclic amines) is 1. The van der Waals surface area contributed by atoms with Crippen molar-refractivity contribution in [3.05, 3.63) is 0 Å². The van der Waals surface area contributed by atoms with E-state index < -0.39 is 17.6 Å². The fraction of sp³-hybridized carbons (Fsp3) is 0.778. The van der Waals surface area contributed by atoms with Crippen LogP contribution in [0.4, 0.5) is 4.79 Å². The lowest BCUT2D eigenvalue weighted by Gasteiger charge is -2.29. The highest BCUT2D eigenvalue weighted by molar-refractivity contribution is 5.84. The minimum Gasteiger partial charge on any atom is -0.480 e. The zero-order valence-corrected chi connectivity index (χ0v) is 8.45. The van der Waals surface area contributed by atoms with Gasteiger partial charge in [0.05, 0.1) is 6.61 Å². The average Bonchev–Trinajstić information content (AvgIpc) is 2.49. The normalized spacial score (nSPS) is 26.3. The molecule has 1 amide bonds. The molecule has 80 valence electrons. The van der Waals surface area contributed by atoms with Gasteiger partial charge in [0.1, 0.15) is 5.54 Å². The quantitative estimate of drug-likeness (QED) is 0.726. The molecule has 0 radical (unpaired) electrons. The number of carboxylic acids is 1. The first-order valence-corrected chi connectivity index (χ1v) is 4.70. The fourth-order valence-electron chi connectivity index (χ4n) is 1.68. The highest BCUT2D eigenvalue weighted by Crippen LogP contribution is 2.29. The molecule has 5 heteroatoms. The maximum Gasteiger partial charge on any atom is 0.410 e. The van der Waals surface area contributed by atoms with Crippen molar-refractivity contribution in [1.29, 1.82) is 0 Å². The number of aliphatic carboxylic acids is 1. The van der Waals surface area contributed by atoms with Crippen LogP contribution in [0.5, 0.6) is 0 Å². The maximum absolute atomic E-state index is 11.4. The second-order valence-electron chi connectivity index (χ2n) is 3.53. The fourth-order valence-corrected chi connectivity index (χ4v) is 1.68. The lowest BCUT2D eigenvalue weighted by atomic mass is 10.00. The summed E-state index contributed by atoms with van der Waals surface area (Å²) >= 11 is 0. The van der Waals surface area contributed by atoms with Crippen molar-refractivity contribution >= 4 is 12.1 Å². The van der Waals surface area contributed by atoms with Crippen LogP contribution in [0.25, 0.3) is 0 Å². The van der Waals surface area contributed by atoms with E-state index in [2.05, 4.69) is 0 Å². The third-order valence-electron chi connectivity index (χ3n) is 2.59. The lowest BCUT2D eigenvalue weighted by molar-refractivity contribution is -0.147. The molecular weight excluding hydrogens is 186 g/mol. The number of carbonyl (C=O) groups is 2. The predicted molar refractivity (Wildman–Crippen MR) is 49.0 cm³/mol. The van der Waals surface area contributed by atoms with Crippen LogP contribution in [0.2, 0.25) is 0 Å². The van der Waals surface area contributed by atoms with Crippen molar-refractivity contribution < 1.29 is 19.4 Å². The molecule has 1 fully saturated rings. The van der Waals surface area contributed by atoms with Gasteiger partial charge in [-0.3, -0.25) is 4.90 Å². The Labute approximate surface area is 82.6 Å². The minimum absolute atomic E-state index is 0.269. The van der Waals surface area contributed by atoms with Crippen molar-refractivity contribution in [2.24, 2.45) is 0 Å². The summed E-state index contributed by atoms with van der Waals surface area (Å²) < 4.78 is 4.80. The summed E-state index contributed by atoms with van der Waals surface area (Å²) in [5, 5.41) is 9.01. The van der Waals surface area contributed by atoms with Gasteiger partial charge in [-0.05, 0) is 26.7 Å². The number of hydrogen-bond acceptors (Lipinski definition) is 3. The molecule has 0 aromatic carbocycles. The molecule has 1 saturated heterocycles. The first-order chi connectivity index (χ1) is 6.52. The van der Waals surface area contributed by atoms with E-state index in [0.29, 0.717) is 19.4 Å². The summed E-state index contributed by atoms with van der Waals surface area (Å²) in [5.41, 5.74) is -1.09. The van der Waals surface area contributed by atoms with E-state index in [4.69, 9.17) is 9.84 Å². The molecule has 0 saturated carbocycles. The largest absolute Gasteiger partial charge is 0.480 e. The first kappa shape index (κ1) is 10.8. The number of ether oxygens (including phenoxy) is 1. The van der Waals surface area contributed by atoms with Crippen LogP contribution >= 0.6 is 0 Å². The van der Waals surface area contributed by atoms with E-state index in [1.807, 2.05) is 0 Å². The van der Waals surface area contributed by atoms with Gasteiger partial charge in [-0.25, -0.2) is 9.59 Å². The molecule has 0 aliphatic carbocycles. The summed E-state index contributed by atoms with van der Waals surface area (Å²) in [6.45, 7) is 3.98. The smallest absolute Gasteiger partial charge is 0.410 e. The number of rotatable bonds is 2. The Bertz CT molecular complexity index is 253. The molecule has 0 spiro atoms. The van der Waals surface area contributed by atoms with Gasteiger partial charge in [0.2, 0.25) is 0 Å². The Morgan fingerprint density at radius 3 is 2.71 bits per heavy atom. The van der Waals surface area contributed by atoms with Gasteiger partial charge in [0.25, 0.3) is 0 Å². The summed E-state index contributed by atoms with van der Waals surface area (Å²) in [4.78, 5) is 23.7. The van der Waals surface area contributed by atoms with Gasteiger partial charge in [0, 0.05) is 6.54 Å². The zero-order valence-electron chi connectivity index (χ0n) is 8.45. The summed E-state index contributed by atoms with van der Waals surface area (Å²) in [6, 6.07) is 0. The van der Waals surface area contributed by atoms with Gasteiger partial charge in [-0.15, -0.1) is 0 Å². The molecule has 1 atom stereocenters. The van der Waals surface area contributed by atoms with Crippen molar-refractivity contribution in [2.75, 3.05) is 13.2 Å². The highest BCUT2D eigenvalue weighted by atomic mass is 16.6. The number of hydrogen-bond donors (Lipinski definition) is 1. The van der Waals surface area contributed by atoms with E-state index in [9.17, 15) is 9.59 Å². The first-order valence-electron chi connectivity index (χ1n) is 4.70. The van der Waals surface area contributed by atoms with Gasteiger partial charge in [0.15, 0.2) is 0 Å². The molecule has 0 unspecified atom stereocenters. The van der Waals surface area contributed by atoms with Crippen molar-refractivity contribution in [1.82, 2.24) is 4.90 Å². The van der Waals surface area contributed by atoms with Crippen LogP contribution in [0, 0.1) is 0 Å². The van der Waals surface area contributed by atoms with Crippen LogP contribution < -0.4 is 0 Å². The summed E-state index contributed by atoms with van der Waals surface area (Å²) in [5.74, 6) is -0.969. The number of carbonyl (C=O) groups excluding carboxylic acids is 1. The lowest BCUT2D eigenvalue weighted by Crippen LogP contribution is -2.50. The zero-order chi connectivity index (χ0) is 10.8. The van der Waals surface area contributed by atoms with Gasteiger partial charge in [-0.1, -0.05) is 0 Å². The monoisotopic (exact) mass is 201 g/mol. The molecular formula is C9H15NO4. The second kappa shape index (κ2) is 3.86. The molecule has 0 aromatic heterocycles. The van der Waals surface area contributed by atoms with Crippen molar-refractivity contribution in [2.45, 2.75) is 32.2 Å². The molecule has 1 N–H and O–H groups in total. The van der Waals surface area contributed by atoms with Gasteiger partial charge < -0.3 is 9.84 Å². The second-order valence-corrected chi connectivity index (χ2v) is 3.53. The SMILES string of the molecule is CCOC(=O)N1CCC[C@]1(C)C(=O)O. The Hall–Kier alpha value is -1.26. The number of amides is 1. The Morgan fingerprint density at radius 1 is 1.57 bits per heavy atom. The standard InChI is InChI=1S/C9H15NO4/c1-3-14-8(13)10-6-4-5-9(10,2)7(11)12/h3-6H2,1-2H3,(H,11,12)/t9-/m1/s1. The topological polar surface area (TPSA) is 66.8 Å². The van der Waals surface area contributed by atoms with Crippen molar-refractivity contribution in [3.8, 4) is 0 Å². The Morgan fingerprint density at radius 2 is 2.21 bits per heavy atom. The predicted octanol–water partition coefficient (Wildman–Crippen LogP) is 1.08. The maximum atomic E-state index is 11.4. The van der Waals surface area contributed by atoms with E-state index in [-0.39, 0.29) is 6.61 Å². The summed E-state index contributed by atoms with van der Waals surface area (Å²) in [6.07, 6.45) is 0.665. The van der Waals surface area contributed by atoms with Gasteiger partial charge in [-0.2, -0.15) is 0 Å². The third kappa shape index (κ3) is 1.66. The van der Waals surface area contributed by atoms with Crippen LogP contribution in [0.3, 0.4) is 0 Å². The molecule has 1 heterocycles. The minimum atomic E-state index is -1.09. The van der Waals surface area contributed by atoms with E-state index in [0.717, 1.165) is 0 Å². The van der Waals surface area contributed by atoms with E-state index in [1.165, 1.54) is 4.90 Å². The molecule has 14 heavy (non-hydrogen) atoms. The molecule has 0 bridgehead atoms. The van der Waals surface area contributed by atoms with Gasteiger partial charge >= 0.3 is 12.1 Å². The summed E-state index contributed by atoms with van der Waals surface area (Å²) in [7, 11) is 0. The molecule has 1 aliphatic heterocycles.